The lowest BCUT2D eigenvalue weighted by atomic mass is 10.1. The van der Waals surface area contributed by atoms with Gasteiger partial charge in [0.15, 0.2) is 0 Å². The van der Waals surface area contributed by atoms with E-state index in [4.69, 9.17) is 11.6 Å². The number of amides is 1. The van der Waals surface area contributed by atoms with Crippen LogP contribution in [0.25, 0.3) is 10.8 Å². The standard InChI is InChI=1S/C16H11ClN2O/c17-13-7-8-18-15(10-13)16(20)19-14-6-5-11-3-1-2-4-12(11)9-14/h1-10H,(H,19,20). The van der Waals surface area contributed by atoms with Crippen LogP contribution in [-0.2, 0) is 0 Å². The van der Waals surface area contributed by atoms with E-state index in [1.165, 1.54) is 12.3 Å². The maximum Gasteiger partial charge on any atom is 0.274 e. The van der Waals surface area contributed by atoms with Crippen molar-refractivity contribution in [1.29, 1.82) is 0 Å². The largest absolute Gasteiger partial charge is 0.321 e. The monoisotopic (exact) mass is 282 g/mol. The molecule has 3 rings (SSSR count). The van der Waals surface area contributed by atoms with Crippen molar-refractivity contribution in [3.8, 4) is 0 Å². The van der Waals surface area contributed by atoms with E-state index in [1.54, 1.807) is 6.07 Å². The number of pyridine rings is 1. The van der Waals surface area contributed by atoms with E-state index >= 15 is 0 Å². The quantitative estimate of drug-likeness (QED) is 0.767. The van der Waals surface area contributed by atoms with E-state index in [0.717, 1.165) is 16.5 Å². The lowest BCUT2D eigenvalue weighted by Crippen LogP contribution is -2.13. The van der Waals surface area contributed by atoms with Gasteiger partial charge in [-0.2, -0.15) is 0 Å². The van der Waals surface area contributed by atoms with Gasteiger partial charge in [0.25, 0.3) is 5.91 Å². The molecule has 0 fully saturated rings. The van der Waals surface area contributed by atoms with Gasteiger partial charge in [0.2, 0.25) is 0 Å². The van der Waals surface area contributed by atoms with E-state index in [1.807, 2.05) is 42.5 Å². The molecule has 0 unspecified atom stereocenters. The van der Waals surface area contributed by atoms with Crippen LogP contribution in [0.15, 0.2) is 60.8 Å². The summed E-state index contributed by atoms with van der Waals surface area (Å²) in [5.74, 6) is -0.275. The maximum absolute atomic E-state index is 12.1. The summed E-state index contributed by atoms with van der Waals surface area (Å²) in [6.45, 7) is 0. The summed E-state index contributed by atoms with van der Waals surface area (Å²) in [5, 5.41) is 5.51. The highest BCUT2D eigenvalue weighted by Crippen LogP contribution is 2.19. The minimum atomic E-state index is -0.275. The second-order valence-corrected chi connectivity index (χ2v) is 4.81. The maximum atomic E-state index is 12.1. The predicted octanol–water partition coefficient (Wildman–Crippen LogP) is 4.14. The second-order valence-electron chi connectivity index (χ2n) is 4.38. The number of aromatic nitrogens is 1. The molecule has 0 saturated carbocycles. The van der Waals surface area contributed by atoms with Crippen LogP contribution in [0.2, 0.25) is 5.02 Å². The number of hydrogen-bond acceptors (Lipinski definition) is 2. The van der Waals surface area contributed by atoms with Gasteiger partial charge in [-0.25, -0.2) is 0 Å². The number of halogens is 1. The molecule has 1 N–H and O–H groups in total. The Bertz CT molecular complexity index is 786. The number of nitrogens with one attached hydrogen (secondary N) is 1. The van der Waals surface area contributed by atoms with Crippen molar-refractivity contribution in [3.63, 3.8) is 0 Å². The Labute approximate surface area is 121 Å². The molecule has 0 atom stereocenters. The Morgan fingerprint density at radius 2 is 1.80 bits per heavy atom. The van der Waals surface area contributed by atoms with Crippen LogP contribution in [0.4, 0.5) is 5.69 Å². The lowest BCUT2D eigenvalue weighted by Gasteiger charge is -2.06. The van der Waals surface area contributed by atoms with Gasteiger partial charge in [0.05, 0.1) is 0 Å². The first-order valence-corrected chi connectivity index (χ1v) is 6.52. The number of fused-ring (bicyclic) bond motifs is 1. The first-order valence-electron chi connectivity index (χ1n) is 6.14. The summed E-state index contributed by atoms with van der Waals surface area (Å²) in [7, 11) is 0. The molecule has 0 radical (unpaired) electrons. The summed E-state index contributed by atoms with van der Waals surface area (Å²) < 4.78 is 0. The third kappa shape index (κ3) is 2.63. The third-order valence-electron chi connectivity index (χ3n) is 2.96. The molecule has 3 aromatic rings. The van der Waals surface area contributed by atoms with Crippen LogP contribution in [0.3, 0.4) is 0 Å². The number of carbonyl (C=O) groups is 1. The van der Waals surface area contributed by atoms with Crippen molar-refractivity contribution < 1.29 is 4.79 Å². The Hall–Kier alpha value is -2.39. The van der Waals surface area contributed by atoms with Gasteiger partial charge >= 0.3 is 0 Å². The van der Waals surface area contributed by atoms with E-state index in [0.29, 0.717) is 10.7 Å². The fourth-order valence-electron chi connectivity index (χ4n) is 1.99. The average Bonchev–Trinajstić information content (AvgIpc) is 2.47. The normalized spacial score (nSPS) is 10.4. The van der Waals surface area contributed by atoms with Gasteiger partial charge in [-0.1, -0.05) is 41.9 Å². The molecule has 3 nitrogen and oxygen atoms in total. The third-order valence-corrected chi connectivity index (χ3v) is 3.20. The highest BCUT2D eigenvalue weighted by atomic mass is 35.5. The molecule has 20 heavy (non-hydrogen) atoms. The minimum absolute atomic E-state index is 0.275. The smallest absolute Gasteiger partial charge is 0.274 e. The van der Waals surface area contributed by atoms with Crippen LogP contribution in [0.1, 0.15) is 10.5 Å². The first kappa shape index (κ1) is 12.6. The predicted molar refractivity (Wildman–Crippen MR) is 81.1 cm³/mol. The summed E-state index contributed by atoms with van der Waals surface area (Å²) >= 11 is 5.85. The molecule has 0 spiro atoms. The van der Waals surface area contributed by atoms with Gasteiger partial charge in [0.1, 0.15) is 5.69 Å². The Balaban J connectivity index is 1.87. The number of nitrogens with zero attached hydrogens (tertiary/aromatic N) is 1. The summed E-state index contributed by atoms with van der Waals surface area (Å²) in [6.07, 6.45) is 1.51. The lowest BCUT2D eigenvalue weighted by molar-refractivity contribution is 0.102. The van der Waals surface area contributed by atoms with Crippen LogP contribution < -0.4 is 5.32 Å². The Morgan fingerprint density at radius 3 is 2.60 bits per heavy atom. The summed E-state index contributed by atoms with van der Waals surface area (Å²) in [4.78, 5) is 16.1. The molecule has 98 valence electrons. The van der Waals surface area contributed by atoms with E-state index in [9.17, 15) is 4.79 Å². The molecule has 4 heteroatoms. The molecule has 2 aromatic carbocycles. The zero-order chi connectivity index (χ0) is 13.9. The van der Waals surface area contributed by atoms with Gasteiger partial charge < -0.3 is 5.32 Å². The number of hydrogen-bond donors (Lipinski definition) is 1. The van der Waals surface area contributed by atoms with Crippen LogP contribution in [-0.4, -0.2) is 10.9 Å². The molecule has 1 amide bonds. The molecule has 1 aromatic heterocycles. The van der Waals surface area contributed by atoms with Crippen molar-refractivity contribution in [3.05, 3.63) is 71.5 Å². The van der Waals surface area contributed by atoms with Gasteiger partial charge in [0, 0.05) is 16.9 Å². The van der Waals surface area contributed by atoms with Crippen molar-refractivity contribution in [2.45, 2.75) is 0 Å². The van der Waals surface area contributed by atoms with Crippen molar-refractivity contribution >= 4 is 34.0 Å². The van der Waals surface area contributed by atoms with Crippen molar-refractivity contribution in [2.24, 2.45) is 0 Å². The second kappa shape index (κ2) is 5.31. The minimum Gasteiger partial charge on any atom is -0.321 e. The molecule has 0 aliphatic carbocycles. The zero-order valence-corrected chi connectivity index (χ0v) is 11.3. The van der Waals surface area contributed by atoms with E-state index < -0.39 is 0 Å². The topological polar surface area (TPSA) is 42.0 Å². The zero-order valence-electron chi connectivity index (χ0n) is 10.5. The van der Waals surface area contributed by atoms with Gasteiger partial charge in [-0.15, -0.1) is 0 Å². The van der Waals surface area contributed by atoms with Crippen molar-refractivity contribution in [1.82, 2.24) is 4.98 Å². The van der Waals surface area contributed by atoms with Gasteiger partial charge in [-0.05, 0) is 35.0 Å². The molecular weight excluding hydrogens is 272 g/mol. The first-order chi connectivity index (χ1) is 9.72. The van der Waals surface area contributed by atoms with Crippen LogP contribution in [0, 0.1) is 0 Å². The Morgan fingerprint density at radius 1 is 1.00 bits per heavy atom. The van der Waals surface area contributed by atoms with Gasteiger partial charge in [-0.3, -0.25) is 9.78 Å². The molecule has 0 aliphatic rings. The average molecular weight is 283 g/mol. The molecular formula is C16H11ClN2O. The number of benzene rings is 2. The van der Waals surface area contributed by atoms with E-state index in [2.05, 4.69) is 10.3 Å². The van der Waals surface area contributed by atoms with Crippen LogP contribution in [0.5, 0.6) is 0 Å². The number of anilines is 1. The Kier molecular flexibility index (Phi) is 3.35. The fourth-order valence-corrected chi connectivity index (χ4v) is 2.15. The highest BCUT2D eigenvalue weighted by Gasteiger charge is 2.08. The van der Waals surface area contributed by atoms with E-state index in [-0.39, 0.29) is 5.91 Å². The molecule has 0 aliphatic heterocycles. The SMILES string of the molecule is O=C(Nc1ccc2ccccc2c1)c1cc(Cl)ccn1. The van der Waals surface area contributed by atoms with Crippen LogP contribution >= 0.6 is 11.6 Å². The molecule has 1 heterocycles. The van der Waals surface area contributed by atoms with Crippen molar-refractivity contribution in [2.75, 3.05) is 5.32 Å². The fraction of sp³-hybridized carbons (Fsp3) is 0. The highest BCUT2D eigenvalue weighted by molar-refractivity contribution is 6.30. The summed E-state index contributed by atoms with van der Waals surface area (Å²) in [6, 6.07) is 16.9. The number of rotatable bonds is 2. The summed E-state index contributed by atoms with van der Waals surface area (Å²) in [5.41, 5.74) is 1.03. The molecule has 0 bridgehead atoms. The molecule has 0 saturated heterocycles. The number of carbonyl (C=O) groups excluding carboxylic acids is 1.